The summed E-state index contributed by atoms with van der Waals surface area (Å²) in [6.07, 6.45) is 0. The van der Waals surface area contributed by atoms with Gasteiger partial charge in [-0.2, -0.15) is 5.26 Å². The average molecular weight is 541 g/mol. The van der Waals surface area contributed by atoms with Gasteiger partial charge in [0.1, 0.15) is 22.6 Å². The number of pyridine rings is 1. The van der Waals surface area contributed by atoms with Gasteiger partial charge >= 0.3 is 0 Å². The van der Waals surface area contributed by atoms with Crippen molar-refractivity contribution in [2.75, 3.05) is 19.5 Å². The molecular weight excluding hydrogens is 516 g/mol. The summed E-state index contributed by atoms with van der Waals surface area (Å²) in [4.78, 5) is 28.3. The molecule has 10 heteroatoms. The van der Waals surface area contributed by atoms with E-state index >= 15 is 0 Å². The Balaban J connectivity index is 1.72. The Morgan fingerprint density at radius 3 is 2.18 bits per heavy atom. The van der Waals surface area contributed by atoms with E-state index in [1.54, 1.807) is 27.2 Å². The fourth-order valence-corrected chi connectivity index (χ4v) is 4.71. The molecule has 1 aromatic heterocycles. The van der Waals surface area contributed by atoms with Crippen molar-refractivity contribution in [3.05, 3.63) is 94.5 Å². The van der Waals surface area contributed by atoms with Crippen molar-refractivity contribution >= 4 is 29.0 Å². The molecule has 0 saturated heterocycles. The van der Waals surface area contributed by atoms with Crippen LogP contribution >= 0.6 is 11.8 Å². The zero-order chi connectivity index (χ0) is 27.9. The molecule has 4 aromatic rings. The van der Waals surface area contributed by atoms with E-state index in [-0.39, 0.29) is 11.6 Å². The minimum absolute atomic E-state index is 0.127. The zero-order valence-electron chi connectivity index (χ0n) is 21.4. The minimum Gasteiger partial charge on any atom is -0.497 e. The van der Waals surface area contributed by atoms with E-state index < -0.39 is 10.2 Å². The van der Waals surface area contributed by atoms with Crippen molar-refractivity contribution in [1.29, 1.82) is 5.26 Å². The Labute approximate surface area is 229 Å². The Morgan fingerprint density at radius 1 is 1.00 bits per heavy atom. The average Bonchev–Trinajstić information content (AvgIpc) is 2.97. The Hall–Kier alpha value is -4.88. The molecule has 0 radical (unpaired) electrons. The van der Waals surface area contributed by atoms with Gasteiger partial charge in [-0.05, 0) is 61.0 Å². The van der Waals surface area contributed by atoms with Crippen LogP contribution in [0.5, 0.6) is 11.5 Å². The monoisotopic (exact) mass is 540 g/mol. The number of amides is 1. The molecule has 0 aliphatic carbocycles. The molecule has 9 nitrogen and oxygen atoms in total. The van der Waals surface area contributed by atoms with Crippen LogP contribution in [0, 0.1) is 21.4 Å². The van der Waals surface area contributed by atoms with E-state index in [1.165, 1.54) is 18.2 Å². The van der Waals surface area contributed by atoms with Crippen molar-refractivity contribution < 1.29 is 19.2 Å². The molecule has 0 bridgehead atoms. The summed E-state index contributed by atoms with van der Waals surface area (Å²) in [5, 5.41) is 23.7. The number of nitriles is 1. The first kappa shape index (κ1) is 27.2. The number of non-ortho nitro benzene ring substituents is 1. The second kappa shape index (κ2) is 12.1. The van der Waals surface area contributed by atoms with Crippen LogP contribution in [0.1, 0.15) is 12.5 Å². The number of benzene rings is 3. The van der Waals surface area contributed by atoms with Crippen LogP contribution in [0.25, 0.3) is 22.4 Å². The standard InChI is InChI=1S/C29H24N4O5S/c1-18(28(34)31-21-5-4-6-22(15-21)33(35)36)39-29-26(17-30)25(19-7-11-23(37-2)12-8-19)16-27(32-29)20-9-13-24(38-3)14-10-20/h4-16,18H,1-3H3,(H,31,34)/t18-/m0/s1. The summed E-state index contributed by atoms with van der Waals surface area (Å²) < 4.78 is 10.5. The van der Waals surface area contributed by atoms with Crippen LogP contribution in [0.4, 0.5) is 11.4 Å². The summed E-state index contributed by atoms with van der Waals surface area (Å²) >= 11 is 1.14. The van der Waals surface area contributed by atoms with Gasteiger partial charge in [0, 0.05) is 28.9 Å². The van der Waals surface area contributed by atoms with Crippen molar-refractivity contribution in [3.63, 3.8) is 0 Å². The first-order valence-corrected chi connectivity index (χ1v) is 12.7. The van der Waals surface area contributed by atoms with Gasteiger partial charge in [0.15, 0.2) is 0 Å². The fraction of sp³-hybridized carbons (Fsp3) is 0.138. The zero-order valence-corrected chi connectivity index (χ0v) is 22.2. The summed E-state index contributed by atoms with van der Waals surface area (Å²) in [5.41, 5.74) is 3.40. The molecule has 1 heterocycles. The number of nitrogens with zero attached hydrogens (tertiary/aromatic N) is 3. The number of nitro groups is 1. The highest BCUT2D eigenvalue weighted by atomic mass is 32.2. The first-order valence-electron chi connectivity index (χ1n) is 11.8. The smallest absolute Gasteiger partial charge is 0.271 e. The normalized spacial score (nSPS) is 11.2. The Bertz CT molecular complexity index is 1550. The van der Waals surface area contributed by atoms with Crippen molar-refractivity contribution in [3.8, 4) is 40.0 Å². The number of carbonyl (C=O) groups is 1. The number of nitrogens with one attached hydrogen (secondary N) is 1. The number of methoxy groups -OCH3 is 2. The topological polar surface area (TPSA) is 127 Å². The van der Waals surface area contributed by atoms with Gasteiger partial charge in [-0.3, -0.25) is 14.9 Å². The number of hydrogen-bond acceptors (Lipinski definition) is 8. The first-order chi connectivity index (χ1) is 18.8. The molecule has 1 atom stereocenters. The van der Waals surface area contributed by atoms with E-state index in [0.29, 0.717) is 39.0 Å². The molecule has 0 unspecified atom stereocenters. The molecule has 196 valence electrons. The van der Waals surface area contributed by atoms with Gasteiger partial charge in [0.05, 0.1) is 35.7 Å². The van der Waals surface area contributed by atoms with E-state index in [0.717, 1.165) is 22.9 Å². The van der Waals surface area contributed by atoms with Gasteiger partial charge in [0.2, 0.25) is 5.91 Å². The third kappa shape index (κ3) is 6.34. The lowest BCUT2D eigenvalue weighted by Crippen LogP contribution is -2.22. The van der Waals surface area contributed by atoms with Gasteiger partial charge in [0.25, 0.3) is 5.69 Å². The van der Waals surface area contributed by atoms with Crippen LogP contribution in [-0.2, 0) is 4.79 Å². The number of thioether (sulfide) groups is 1. The minimum atomic E-state index is -0.668. The predicted molar refractivity (Wildman–Crippen MR) is 150 cm³/mol. The second-order valence-corrected chi connectivity index (χ2v) is 9.69. The molecule has 0 aliphatic rings. The maximum atomic E-state index is 13.0. The molecule has 0 saturated carbocycles. The number of aromatic nitrogens is 1. The molecule has 4 rings (SSSR count). The predicted octanol–water partition coefficient (Wildman–Crippen LogP) is 6.33. The van der Waals surface area contributed by atoms with E-state index in [1.807, 2.05) is 54.6 Å². The maximum Gasteiger partial charge on any atom is 0.271 e. The highest BCUT2D eigenvalue weighted by Crippen LogP contribution is 2.37. The Morgan fingerprint density at radius 2 is 1.62 bits per heavy atom. The lowest BCUT2D eigenvalue weighted by molar-refractivity contribution is -0.384. The quantitative estimate of drug-likeness (QED) is 0.148. The van der Waals surface area contributed by atoms with Crippen molar-refractivity contribution in [2.45, 2.75) is 17.2 Å². The van der Waals surface area contributed by atoms with Crippen LogP contribution in [0.15, 0.2) is 83.9 Å². The number of nitro benzene ring substituents is 1. The van der Waals surface area contributed by atoms with Crippen LogP contribution in [-0.4, -0.2) is 35.3 Å². The van der Waals surface area contributed by atoms with Crippen LogP contribution < -0.4 is 14.8 Å². The SMILES string of the molecule is COc1ccc(-c2cc(-c3ccc(OC)cc3)c(C#N)c(S[C@@H](C)C(=O)Nc3cccc([N+](=O)[O-])c3)n2)cc1. The van der Waals surface area contributed by atoms with Gasteiger partial charge in [-0.25, -0.2) is 4.98 Å². The number of carbonyl (C=O) groups excluding carboxylic acids is 1. The van der Waals surface area contributed by atoms with Crippen molar-refractivity contribution in [1.82, 2.24) is 4.98 Å². The number of anilines is 1. The molecular formula is C29H24N4O5S. The summed E-state index contributed by atoms with van der Waals surface area (Å²) in [6.45, 7) is 1.69. The second-order valence-electron chi connectivity index (χ2n) is 8.36. The molecule has 39 heavy (non-hydrogen) atoms. The molecule has 3 aromatic carbocycles. The highest BCUT2D eigenvalue weighted by Gasteiger charge is 2.22. The third-order valence-electron chi connectivity index (χ3n) is 5.87. The van der Waals surface area contributed by atoms with Gasteiger partial charge < -0.3 is 14.8 Å². The van der Waals surface area contributed by atoms with E-state index in [2.05, 4.69) is 11.4 Å². The number of hydrogen-bond donors (Lipinski definition) is 1. The summed E-state index contributed by atoms with van der Waals surface area (Å²) in [6, 6.07) is 24.6. The van der Waals surface area contributed by atoms with E-state index in [9.17, 15) is 20.2 Å². The van der Waals surface area contributed by atoms with Crippen LogP contribution in [0.2, 0.25) is 0 Å². The molecule has 1 amide bonds. The molecule has 1 N–H and O–H groups in total. The summed E-state index contributed by atoms with van der Waals surface area (Å²) in [5.74, 6) is 0.999. The number of ether oxygens (including phenoxy) is 2. The van der Waals surface area contributed by atoms with Crippen molar-refractivity contribution in [2.24, 2.45) is 0 Å². The molecule has 0 spiro atoms. The molecule has 0 fully saturated rings. The summed E-state index contributed by atoms with van der Waals surface area (Å²) in [7, 11) is 3.17. The van der Waals surface area contributed by atoms with Crippen LogP contribution in [0.3, 0.4) is 0 Å². The van der Waals surface area contributed by atoms with Gasteiger partial charge in [-0.1, -0.05) is 30.0 Å². The van der Waals surface area contributed by atoms with E-state index in [4.69, 9.17) is 14.5 Å². The third-order valence-corrected chi connectivity index (χ3v) is 6.95. The largest absolute Gasteiger partial charge is 0.497 e. The fourth-order valence-electron chi connectivity index (χ4n) is 3.78. The Kier molecular flexibility index (Phi) is 8.43. The maximum absolute atomic E-state index is 13.0. The lowest BCUT2D eigenvalue weighted by atomic mass is 9.99. The highest BCUT2D eigenvalue weighted by molar-refractivity contribution is 8.00. The molecule has 0 aliphatic heterocycles. The van der Waals surface area contributed by atoms with Gasteiger partial charge in [-0.15, -0.1) is 0 Å². The number of rotatable bonds is 9. The lowest BCUT2D eigenvalue weighted by Gasteiger charge is -2.16.